The van der Waals surface area contributed by atoms with Crippen molar-refractivity contribution in [2.45, 2.75) is 45.2 Å². The molecule has 0 unspecified atom stereocenters. The molecular formula is C21H22F3NO3S. The van der Waals surface area contributed by atoms with E-state index in [-0.39, 0.29) is 49.7 Å². The van der Waals surface area contributed by atoms with Crippen LogP contribution in [-0.2, 0) is 22.2 Å². The van der Waals surface area contributed by atoms with Crippen LogP contribution in [0.3, 0.4) is 0 Å². The van der Waals surface area contributed by atoms with E-state index in [0.29, 0.717) is 16.9 Å². The second kappa shape index (κ2) is 10.3. The number of thiophene rings is 1. The van der Waals surface area contributed by atoms with Crippen LogP contribution in [0.5, 0.6) is 0 Å². The maximum atomic E-state index is 12.5. The molecule has 1 N–H and O–H groups in total. The number of amides is 1. The summed E-state index contributed by atoms with van der Waals surface area (Å²) in [5.74, 6) is -0.521. The lowest BCUT2D eigenvalue weighted by atomic mass is 10.1. The van der Waals surface area contributed by atoms with Gasteiger partial charge < -0.3 is 5.32 Å². The predicted octanol–water partition coefficient (Wildman–Crippen LogP) is 4.75. The molecule has 0 fully saturated rings. The number of aryl methyl sites for hydroxylation is 1. The van der Waals surface area contributed by atoms with Gasteiger partial charge in [-0.3, -0.25) is 14.4 Å². The van der Waals surface area contributed by atoms with E-state index in [1.807, 2.05) is 13.0 Å². The van der Waals surface area contributed by atoms with Crippen molar-refractivity contribution in [2.24, 2.45) is 0 Å². The van der Waals surface area contributed by atoms with Crippen LogP contribution in [0.25, 0.3) is 0 Å². The summed E-state index contributed by atoms with van der Waals surface area (Å²) in [5, 5.41) is 2.65. The fourth-order valence-corrected chi connectivity index (χ4v) is 3.47. The zero-order valence-corrected chi connectivity index (χ0v) is 16.8. The highest BCUT2D eigenvalue weighted by Crippen LogP contribution is 2.29. The largest absolute Gasteiger partial charge is 0.416 e. The van der Waals surface area contributed by atoms with Crippen LogP contribution in [-0.4, -0.2) is 24.0 Å². The third kappa shape index (κ3) is 7.81. The summed E-state index contributed by atoms with van der Waals surface area (Å²) in [5.41, 5.74) is -0.0341. The smallest absolute Gasteiger partial charge is 0.356 e. The Hall–Kier alpha value is -2.48. The van der Waals surface area contributed by atoms with Crippen LogP contribution in [0.1, 0.15) is 51.4 Å². The highest BCUT2D eigenvalue weighted by molar-refractivity contribution is 7.14. The van der Waals surface area contributed by atoms with Gasteiger partial charge in [-0.1, -0.05) is 12.1 Å². The number of benzene rings is 1. The Morgan fingerprint density at radius 1 is 0.931 bits per heavy atom. The number of hydrogen-bond acceptors (Lipinski definition) is 4. The van der Waals surface area contributed by atoms with Crippen LogP contribution < -0.4 is 5.32 Å². The number of halogens is 3. The lowest BCUT2D eigenvalue weighted by molar-refractivity contribution is -0.137. The molecule has 0 saturated carbocycles. The molecule has 0 saturated heterocycles. The molecule has 0 atom stereocenters. The van der Waals surface area contributed by atoms with Crippen molar-refractivity contribution >= 4 is 28.8 Å². The lowest BCUT2D eigenvalue weighted by Crippen LogP contribution is -2.26. The first kappa shape index (κ1) is 22.8. The summed E-state index contributed by atoms with van der Waals surface area (Å²) in [7, 11) is 0. The number of alkyl halides is 3. The molecule has 0 radical (unpaired) electrons. The van der Waals surface area contributed by atoms with E-state index in [4.69, 9.17) is 0 Å². The summed E-state index contributed by atoms with van der Waals surface area (Å²) in [6.45, 7) is 2.18. The van der Waals surface area contributed by atoms with Gasteiger partial charge in [0.1, 0.15) is 5.78 Å². The Kier molecular flexibility index (Phi) is 8.13. The standard InChI is InChI=1S/C21H22F3NO3S/c1-14-2-10-19(29-14)18(27)9-7-17(26)8-11-20(28)25-13-12-15-3-5-16(6-4-15)21(22,23)24/h2-6,10H,7-9,11-13H2,1H3,(H,25,28). The minimum Gasteiger partial charge on any atom is -0.356 e. The Labute approximate surface area is 171 Å². The summed E-state index contributed by atoms with van der Waals surface area (Å²) in [4.78, 5) is 37.3. The number of ketones is 2. The van der Waals surface area contributed by atoms with Gasteiger partial charge in [0.05, 0.1) is 10.4 Å². The van der Waals surface area contributed by atoms with Crippen LogP contribution in [0.2, 0.25) is 0 Å². The first-order chi connectivity index (χ1) is 13.6. The molecule has 0 aliphatic heterocycles. The highest BCUT2D eigenvalue weighted by atomic mass is 32.1. The zero-order valence-electron chi connectivity index (χ0n) is 16.0. The van der Waals surface area contributed by atoms with Crippen molar-refractivity contribution in [3.05, 3.63) is 57.3 Å². The van der Waals surface area contributed by atoms with Crippen molar-refractivity contribution in [1.29, 1.82) is 0 Å². The molecule has 0 aliphatic rings. The van der Waals surface area contributed by atoms with E-state index < -0.39 is 11.7 Å². The number of carbonyl (C=O) groups is 3. The van der Waals surface area contributed by atoms with E-state index >= 15 is 0 Å². The Bertz CT molecular complexity index is 857. The van der Waals surface area contributed by atoms with Gasteiger partial charge in [0.2, 0.25) is 5.91 Å². The highest BCUT2D eigenvalue weighted by Gasteiger charge is 2.29. The molecule has 2 rings (SSSR count). The van der Waals surface area contributed by atoms with E-state index in [0.717, 1.165) is 17.0 Å². The van der Waals surface area contributed by atoms with Crippen LogP contribution in [0.4, 0.5) is 13.2 Å². The molecule has 156 valence electrons. The fourth-order valence-electron chi connectivity index (χ4n) is 2.63. The minimum atomic E-state index is -4.37. The molecule has 2 aromatic rings. The molecular weight excluding hydrogens is 403 g/mol. The molecule has 1 heterocycles. The van der Waals surface area contributed by atoms with Gasteiger partial charge in [-0.05, 0) is 43.2 Å². The van der Waals surface area contributed by atoms with E-state index in [9.17, 15) is 27.6 Å². The summed E-state index contributed by atoms with van der Waals surface area (Å²) < 4.78 is 37.5. The van der Waals surface area contributed by atoms with Crippen molar-refractivity contribution in [1.82, 2.24) is 5.32 Å². The van der Waals surface area contributed by atoms with E-state index in [2.05, 4.69) is 5.32 Å². The Balaban J connectivity index is 1.62. The second-order valence-electron chi connectivity index (χ2n) is 6.67. The third-order valence-electron chi connectivity index (χ3n) is 4.29. The predicted molar refractivity (Wildman–Crippen MR) is 105 cm³/mol. The molecule has 4 nitrogen and oxygen atoms in total. The lowest BCUT2D eigenvalue weighted by Gasteiger charge is -2.08. The van der Waals surface area contributed by atoms with Gasteiger partial charge in [-0.15, -0.1) is 11.3 Å². The van der Waals surface area contributed by atoms with Crippen LogP contribution in [0.15, 0.2) is 36.4 Å². The van der Waals surface area contributed by atoms with E-state index in [1.165, 1.54) is 23.5 Å². The number of hydrogen-bond donors (Lipinski definition) is 1. The quantitative estimate of drug-likeness (QED) is 0.559. The molecule has 1 amide bonds. The normalized spacial score (nSPS) is 11.3. The van der Waals surface area contributed by atoms with Gasteiger partial charge in [0.15, 0.2) is 5.78 Å². The summed E-state index contributed by atoms with van der Waals surface area (Å²) in [6, 6.07) is 8.38. The molecule has 0 bridgehead atoms. The van der Waals surface area contributed by atoms with Crippen molar-refractivity contribution < 1.29 is 27.6 Å². The molecule has 0 aliphatic carbocycles. The van der Waals surface area contributed by atoms with Crippen molar-refractivity contribution in [3.63, 3.8) is 0 Å². The number of rotatable bonds is 10. The SMILES string of the molecule is Cc1ccc(C(=O)CCC(=O)CCC(=O)NCCc2ccc(C(F)(F)F)cc2)s1. The van der Waals surface area contributed by atoms with Gasteiger partial charge in [-0.25, -0.2) is 0 Å². The maximum Gasteiger partial charge on any atom is 0.416 e. The van der Waals surface area contributed by atoms with Crippen molar-refractivity contribution in [2.75, 3.05) is 6.54 Å². The topological polar surface area (TPSA) is 63.2 Å². The molecule has 8 heteroatoms. The van der Waals surface area contributed by atoms with Gasteiger partial charge in [-0.2, -0.15) is 13.2 Å². The summed E-state index contributed by atoms with van der Waals surface area (Å²) in [6.07, 6.45) is -3.65. The number of Topliss-reactive ketones (excluding diaryl/α,β-unsaturated/α-hetero) is 2. The monoisotopic (exact) mass is 425 g/mol. The Morgan fingerprint density at radius 2 is 1.59 bits per heavy atom. The molecule has 0 spiro atoms. The van der Waals surface area contributed by atoms with Gasteiger partial charge in [0.25, 0.3) is 0 Å². The first-order valence-electron chi connectivity index (χ1n) is 9.19. The molecule has 1 aromatic heterocycles. The molecule has 1 aromatic carbocycles. The third-order valence-corrected chi connectivity index (χ3v) is 5.34. The first-order valence-corrected chi connectivity index (χ1v) is 10.0. The zero-order chi connectivity index (χ0) is 21.4. The van der Waals surface area contributed by atoms with Crippen molar-refractivity contribution in [3.8, 4) is 0 Å². The summed E-state index contributed by atoms with van der Waals surface area (Å²) >= 11 is 1.39. The fraction of sp³-hybridized carbons (Fsp3) is 0.381. The van der Waals surface area contributed by atoms with E-state index in [1.54, 1.807) is 6.07 Å². The molecule has 29 heavy (non-hydrogen) atoms. The Morgan fingerprint density at radius 3 is 2.17 bits per heavy atom. The maximum absolute atomic E-state index is 12.5. The second-order valence-corrected chi connectivity index (χ2v) is 7.95. The van der Waals surface area contributed by atoms with Gasteiger partial charge >= 0.3 is 6.18 Å². The number of carbonyl (C=O) groups excluding carboxylic acids is 3. The average Bonchev–Trinajstić information content (AvgIpc) is 3.10. The van der Waals surface area contributed by atoms with Crippen LogP contribution in [0, 0.1) is 6.92 Å². The minimum absolute atomic E-state index is 0.0259. The average molecular weight is 425 g/mol. The van der Waals surface area contributed by atoms with Crippen LogP contribution >= 0.6 is 11.3 Å². The van der Waals surface area contributed by atoms with Gasteiger partial charge in [0, 0.05) is 37.1 Å². The number of nitrogens with one attached hydrogen (secondary N) is 1.